The number of carbonyl (C=O) groups is 3. The predicted octanol–water partition coefficient (Wildman–Crippen LogP) is 1.80. The second-order valence-corrected chi connectivity index (χ2v) is 7.48. The monoisotopic (exact) mass is 383 g/mol. The normalized spacial score (nSPS) is 25.6. The van der Waals surface area contributed by atoms with Crippen molar-refractivity contribution >= 4 is 29.1 Å². The van der Waals surface area contributed by atoms with Crippen LogP contribution in [0.2, 0.25) is 0 Å². The predicted molar refractivity (Wildman–Crippen MR) is 105 cm³/mol. The number of hydrogen-bond acceptors (Lipinski definition) is 5. The Morgan fingerprint density at radius 2 is 1.68 bits per heavy atom. The van der Waals surface area contributed by atoms with E-state index >= 15 is 0 Å². The van der Waals surface area contributed by atoms with Crippen LogP contribution in [0.5, 0.6) is 0 Å². The van der Waals surface area contributed by atoms with Crippen LogP contribution >= 0.6 is 0 Å². The lowest BCUT2D eigenvalue weighted by atomic mass is 9.85. The Hall–Kier alpha value is -2.67. The van der Waals surface area contributed by atoms with Crippen molar-refractivity contribution in [3.63, 3.8) is 0 Å². The molecule has 0 unspecified atom stereocenters. The van der Waals surface area contributed by atoms with E-state index < -0.39 is 6.04 Å². The number of carbonyl (C=O) groups excluding carboxylic acids is 3. The molecule has 3 aliphatic rings. The highest BCUT2D eigenvalue weighted by Gasteiger charge is 2.50. The van der Waals surface area contributed by atoms with Crippen molar-refractivity contribution in [2.24, 2.45) is 11.8 Å². The molecular weight excluding hydrogens is 358 g/mol. The minimum atomic E-state index is -0.844. The lowest BCUT2D eigenvalue weighted by molar-refractivity contribution is -0.146. The van der Waals surface area contributed by atoms with E-state index in [1.54, 1.807) is 6.92 Å². The average molecular weight is 383 g/mol. The summed E-state index contributed by atoms with van der Waals surface area (Å²) in [4.78, 5) is 41.7. The van der Waals surface area contributed by atoms with Gasteiger partial charge in [-0.05, 0) is 31.9 Å². The Balaban J connectivity index is 1.50. The third-order valence-electron chi connectivity index (χ3n) is 5.82. The molecule has 0 bridgehead atoms. The zero-order valence-corrected chi connectivity index (χ0v) is 16.0. The van der Waals surface area contributed by atoms with E-state index in [4.69, 9.17) is 4.74 Å². The van der Waals surface area contributed by atoms with E-state index in [1.165, 1.54) is 0 Å². The fourth-order valence-electron chi connectivity index (χ4n) is 4.22. The molecule has 0 radical (unpaired) electrons. The van der Waals surface area contributed by atoms with Crippen molar-refractivity contribution in [3.05, 3.63) is 36.4 Å². The van der Waals surface area contributed by atoms with Gasteiger partial charge >= 0.3 is 0 Å². The number of ether oxygens (including phenoxy) is 1. The van der Waals surface area contributed by atoms with Crippen LogP contribution in [-0.2, 0) is 19.1 Å². The number of benzene rings is 1. The molecule has 2 heterocycles. The van der Waals surface area contributed by atoms with E-state index in [2.05, 4.69) is 10.2 Å². The van der Waals surface area contributed by atoms with Crippen molar-refractivity contribution in [2.75, 3.05) is 36.5 Å². The molecule has 1 aliphatic carbocycles. The van der Waals surface area contributed by atoms with Crippen molar-refractivity contribution < 1.29 is 19.1 Å². The molecule has 7 nitrogen and oxygen atoms in total. The average Bonchev–Trinajstić information content (AvgIpc) is 2.99. The van der Waals surface area contributed by atoms with Gasteiger partial charge in [-0.2, -0.15) is 0 Å². The van der Waals surface area contributed by atoms with Crippen molar-refractivity contribution in [3.8, 4) is 0 Å². The molecule has 3 atom stereocenters. The summed E-state index contributed by atoms with van der Waals surface area (Å²) in [5.74, 6) is -1.47. The molecule has 1 aromatic rings. The molecule has 2 saturated heterocycles. The lowest BCUT2D eigenvalue weighted by Gasteiger charge is -2.31. The Bertz CT molecular complexity index is 790. The standard InChI is InChI=1S/C21H25N3O4/c1-14(24-20(26)15-6-2-3-7-16(15)21(24)27)19(25)22-17-8-4-5-9-18(17)23-10-12-28-13-11-23/h2-5,8-9,14-16H,6-7,10-13H2,1H3,(H,22,25)/t14-,15+,16+/m0/s1. The SMILES string of the molecule is C[C@@H](C(=O)Nc1ccccc1N1CCOCC1)N1C(=O)[C@@H]2CC=CC[C@H]2C1=O. The van der Waals surface area contributed by atoms with E-state index in [0.29, 0.717) is 31.7 Å². The number of anilines is 2. The number of para-hydroxylation sites is 2. The van der Waals surface area contributed by atoms with Crippen LogP contribution in [0.3, 0.4) is 0 Å². The second kappa shape index (κ2) is 7.75. The first kappa shape index (κ1) is 18.7. The van der Waals surface area contributed by atoms with Gasteiger partial charge in [-0.1, -0.05) is 24.3 Å². The molecule has 2 aliphatic heterocycles. The molecule has 0 saturated carbocycles. The number of allylic oxidation sites excluding steroid dienone is 2. The van der Waals surface area contributed by atoms with Crippen LogP contribution in [-0.4, -0.2) is 55.0 Å². The van der Waals surface area contributed by atoms with Gasteiger partial charge in [-0.3, -0.25) is 19.3 Å². The second-order valence-electron chi connectivity index (χ2n) is 7.48. The summed E-state index contributed by atoms with van der Waals surface area (Å²) < 4.78 is 5.40. The van der Waals surface area contributed by atoms with Crippen molar-refractivity contribution in [2.45, 2.75) is 25.8 Å². The summed E-state index contributed by atoms with van der Waals surface area (Å²) in [5, 5.41) is 2.92. The fraction of sp³-hybridized carbons (Fsp3) is 0.476. The number of fused-ring (bicyclic) bond motifs is 1. The Morgan fingerprint density at radius 3 is 2.32 bits per heavy atom. The Kier molecular flexibility index (Phi) is 5.17. The number of hydrogen-bond donors (Lipinski definition) is 1. The van der Waals surface area contributed by atoms with E-state index in [-0.39, 0.29) is 29.6 Å². The molecule has 2 fully saturated rings. The van der Waals surface area contributed by atoms with E-state index in [1.807, 2.05) is 36.4 Å². The number of rotatable bonds is 4. The Labute approximate surface area is 164 Å². The summed E-state index contributed by atoms with van der Waals surface area (Å²) in [5.41, 5.74) is 1.60. The van der Waals surface area contributed by atoms with Crippen molar-refractivity contribution in [1.82, 2.24) is 4.90 Å². The molecule has 3 amide bonds. The number of nitrogens with zero attached hydrogens (tertiary/aromatic N) is 2. The number of nitrogens with one attached hydrogen (secondary N) is 1. The maximum Gasteiger partial charge on any atom is 0.247 e. The lowest BCUT2D eigenvalue weighted by Crippen LogP contribution is -2.46. The molecule has 4 rings (SSSR count). The molecule has 1 N–H and O–H groups in total. The number of likely N-dealkylation sites (tertiary alicyclic amines) is 1. The number of morpholine rings is 1. The van der Waals surface area contributed by atoms with Crippen LogP contribution in [0.4, 0.5) is 11.4 Å². The van der Waals surface area contributed by atoms with Gasteiger partial charge in [-0.25, -0.2) is 0 Å². The maximum atomic E-state index is 12.9. The first-order valence-electron chi connectivity index (χ1n) is 9.82. The zero-order chi connectivity index (χ0) is 19.7. The van der Waals surface area contributed by atoms with Crippen LogP contribution in [0.15, 0.2) is 36.4 Å². The van der Waals surface area contributed by atoms with Gasteiger partial charge in [0.15, 0.2) is 0 Å². The highest BCUT2D eigenvalue weighted by atomic mass is 16.5. The maximum absolute atomic E-state index is 12.9. The van der Waals surface area contributed by atoms with Crippen molar-refractivity contribution in [1.29, 1.82) is 0 Å². The van der Waals surface area contributed by atoms with Gasteiger partial charge < -0.3 is 15.0 Å². The van der Waals surface area contributed by atoms with Gasteiger partial charge in [-0.15, -0.1) is 0 Å². The van der Waals surface area contributed by atoms with Crippen LogP contribution in [0.1, 0.15) is 19.8 Å². The summed E-state index contributed by atoms with van der Waals surface area (Å²) >= 11 is 0. The molecule has 148 valence electrons. The summed E-state index contributed by atoms with van der Waals surface area (Å²) in [7, 11) is 0. The molecular formula is C21H25N3O4. The third kappa shape index (κ3) is 3.30. The van der Waals surface area contributed by atoms with Gasteiger partial charge in [0.05, 0.1) is 36.4 Å². The minimum Gasteiger partial charge on any atom is -0.378 e. The van der Waals surface area contributed by atoms with Crippen LogP contribution in [0.25, 0.3) is 0 Å². The quantitative estimate of drug-likeness (QED) is 0.634. The number of amides is 3. The summed E-state index contributed by atoms with van der Waals surface area (Å²) in [6, 6.07) is 6.74. The summed E-state index contributed by atoms with van der Waals surface area (Å²) in [6.45, 7) is 4.41. The molecule has 0 aromatic heterocycles. The molecule has 28 heavy (non-hydrogen) atoms. The first-order valence-corrected chi connectivity index (χ1v) is 9.82. The zero-order valence-electron chi connectivity index (χ0n) is 16.0. The van der Waals surface area contributed by atoms with Crippen LogP contribution < -0.4 is 10.2 Å². The topological polar surface area (TPSA) is 79.0 Å². The highest BCUT2D eigenvalue weighted by Crippen LogP contribution is 2.36. The molecule has 7 heteroatoms. The Morgan fingerprint density at radius 1 is 1.07 bits per heavy atom. The summed E-state index contributed by atoms with van der Waals surface area (Å²) in [6.07, 6.45) is 5.03. The van der Waals surface area contributed by atoms with Gasteiger partial charge in [0.2, 0.25) is 17.7 Å². The molecule has 0 spiro atoms. The number of imide groups is 1. The fourth-order valence-corrected chi connectivity index (χ4v) is 4.22. The van der Waals surface area contributed by atoms with Gasteiger partial charge in [0.25, 0.3) is 0 Å². The molecule has 1 aromatic carbocycles. The van der Waals surface area contributed by atoms with Gasteiger partial charge in [0, 0.05) is 13.1 Å². The van der Waals surface area contributed by atoms with Gasteiger partial charge in [0.1, 0.15) is 6.04 Å². The first-order chi connectivity index (χ1) is 13.6. The smallest absolute Gasteiger partial charge is 0.247 e. The third-order valence-corrected chi connectivity index (χ3v) is 5.82. The van der Waals surface area contributed by atoms with Crippen LogP contribution in [0, 0.1) is 11.8 Å². The minimum absolute atomic E-state index is 0.233. The highest BCUT2D eigenvalue weighted by molar-refractivity contribution is 6.10. The largest absolute Gasteiger partial charge is 0.378 e. The van der Waals surface area contributed by atoms with E-state index in [0.717, 1.165) is 23.7 Å². The van der Waals surface area contributed by atoms with E-state index in [9.17, 15) is 14.4 Å².